The van der Waals surface area contributed by atoms with Crippen LogP contribution in [-0.2, 0) is 24.2 Å². The van der Waals surface area contributed by atoms with Crippen LogP contribution in [0.5, 0.6) is 0 Å². The smallest absolute Gasteiger partial charge is 0.258 e. The summed E-state index contributed by atoms with van der Waals surface area (Å²) in [4.78, 5) is 29.4. The van der Waals surface area contributed by atoms with E-state index in [1.807, 2.05) is 6.26 Å². The Morgan fingerprint density at radius 2 is 2.26 bits per heavy atom. The second-order valence-corrected chi connectivity index (χ2v) is 6.54. The number of halogens is 1. The van der Waals surface area contributed by atoms with E-state index < -0.39 is 0 Å². The lowest BCUT2D eigenvalue weighted by Crippen LogP contribution is -2.31. The Morgan fingerprint density at radius 3 is 3.00 bits per heavy atom. The van der Waals surface area contributed by atoms with Gasteiger partial charge < -0.3 is 5.32 Å². The summed E-state index contributed by atoms with van der Waals surface area (Å²) in [5.41, 5.74) is 2.14. The number of carbonyl (C=O) groups is 1. The van der Waals surface area contributed by atoms with Gasteiger partial charge in [0.1, 0.15) is 6.54 Å². The number of thioether (sulfide) groups is 1. The van der Waals surface area contributed by atoms with Gasteiger partial charge in [-0.15, -0.1) is 0 Å². The van der Waals surface area contributed by atoms with Crippen LogP contribution in [0, 0.1) is 0 Å². The third-order valence-electron chi connectivity index (χ3n) is 3.75. The molecule has 120 valence electrons. The molecule has 1 amide bonds. The maximum absolute atomic E-state index is 12.6. The maximum Gasteiger partial charge on any atom is 0.258 e. The van der Waals surface area contributed by atoms with Gasteiger partial charge in [-0.05, 0) is 43.7 Å². The van der Waals surface area contributed by atoms with Crippen molar-refractivity contribution in [2.24, 2.45) is 0 Å². The van der Waals surface area contributed by atoms with Crippen LogP contribution in [0.2, 0.25) is 5.02 Å². The van der Waals surface area contributed by atoms with E-state index in [0.717, 1.165) is 30.5 Å². The van der Waals surface area contributed by atoms with E-state index in [1.54, 1.807) is 24.3 Å². The van der Waals surface area contributed by atoms with Crippen molar-refractivity contribution in [1.29, 1.82) is 0 Å². The normalized spacial score (nSPS) is 13.0. The fraction of sp³-hybridized carbons (Fsp3) is 0.312. The molecule has 23 heavy (non-hydrogen) atoms. The second kappa shape index (κ2) is 6.76. The first kappa shape index (κ1) is 16.1. The van der Waals surface area contributed by atoms with Crippen LogP contribution >= 0.6 is 23.4 Å². The lowest BCUT2D eigenvalue weighted by Gasteiger charge is -2.13. The van der Waals surface area contributed by atoms with Gasteiger partial charge >= 0.3 is 0 Å². The minimum absolute atomic E-state index is 0.0538. The number of rotatable bonds is 4. The molecule has 0 bridgehead atoms. The zero-order valence-electron chi connectivity index (χ0n) is 12.6. The molecule has 5 nitrogen and oxygen atoms in total. The minimum atomic E-state index is -0.274. The Morgan fingerprint density at radius 1 is 1.43 bits per heavy atom. The second-order valence-electron chi connectivity index (χ2n) is 5.33. The molecule has 0 fully saturated rings. The van der Waals surface area contributed by atoms with Gasteiger partial charge in [-0.1, -0.05) is 29.4 Å². The highest BCUT2D eigenvalue weighted by Crippen LogP contribution is 2.20. The quantitative estimate of drug-likeness (QED) is 0.681. The summed E-state index contributed by atoms with van der Waals surface area (Å²) in [6.45, 7) is -0.0538. The van der Waals surface area contributed by atoms with Gasteiger partial charge in [0.05, 0.1) is 5.69 Å². The molecule has 0 aliphatic heterocycles. The number of aromatic nitrogens is 2. The number of nitrogens with one attached hydrogen (secondary N) is 1. The molecule has 1 N–H and O–H groups in total. The summed E-state index contributed by atoms with van der Waals surface area (Å²) in [6.07, 6.45) is 4.39. The zero-order valence-corrected chi connectivity index (χ0v) is 14.2. The Labute approximate surface area is 143 Å². The van der Waals surface area contributed by atoms with Gasteiger partial charge in [-0.3, -0.25) is 14.2 Å². The number of anilines is 1. The van der Waals surface area contributed by atoms with E-state index in [0.29, 0.717) is 15.9 Å². The third-order valence-corrected chi connectivity index (χ3v) is 4.66. The summed E-state index contributed by atoms with van der Waals surface area (Å²) >= 11 is 7.28. The fourth-order valence-corrected chi connectivity index (χ4v) is 3.47. The monoisotopic (exact) mass is 349 g/mol. The molecular formula is C16H16ClN3O2S. The summed E-state index contributed by atoms with van der Waals surface area (Å²) in [7, 11) is 0. The van der Waals surface area contributed by atoms with Crippen LogP contribution in [0.25, 0.3) is 0 Å². The number of hydrogen-bond donors (Lipinski definition) is 1. The molecule has 1 aliphatic rings. The number of nitrogens with zero attached hydrogens (tertiary/aromatic N) is 2. The minimum Gasteiger partial charge on any atom is -0.324 e. The molecule has 1 heterocycles. The molecule has 0 saturated carbocycles. The summed E-state index contributed by atoms with van der Waals surface area (Å²) in [6, 6.07) is 6.91. The molecule has 0 atom stereocenters. The topological polar surface area (TPSA) is 64.0 Å². The summed E-state index contributed by atoms with van der Waals surface area (Å²) in [5.74, 6) is -0.274. The molecule has 0 radical (unpaired) electrons. The first-order valence-corrected chi connectivity index (χ1v) is 8.90. The largest absolute Gasteiger partial charge is 0.324 e. The highest BCUT2D eigenvalue weighted by Gasteiger charge is 2.21. The molecular weight excluding hydrogens is 334 g/mol. The zero-order chi connectivity index (χ0) is 16.4. The van der Waals surface area contributed by atoms with Crippen molar-refractivity contribution in [1.82, 2.24) is 9.55 Å². The fourth-order valence-electron chi connectivity index (χ4n) is 2.71. The van der Waals surface area contributed by atoms with E-state index in [9.17, 15) is 9.59 Å². The van der Waals surface area contributed by atoms with Crippen LogP contribution < -0.4 is 10.9 Å². The van der Waals surface area contributed by atoms with E-state index in [1.165, 1.54) is 16.3 Å². The predicted octanol–water partition coefficient (Wildman–Crippen LogP) is 2.75. The molecule has 7 heteroatoms. The summed E-state index contributed by atoms with van der Waals surface area (Å²) < 4.78 is 1.45. The van der Waals surface area contributed by atoms with Crippen molar-refractivity contribution in [2.45, 2.75) is 31.0 Å². The van der Waals surface area contributed by atoms with E-state index in [-0.39, 0.29) is 18.0 Å². The van der Waals surface area contributed by atoms with Gasteiger partial charge in [0.25, 0.3) is 5.56 Å². The Hall–Kier alpha value is -1.79. The molecule has 3 rings (SSSR count). The average molecular weight is 350 g/mol. The molecule has 0 spiro atoms. The molecule has 2 aromatic rings. The first-order chi connectivity index (χ1) is 11.1. The summed E-state index contributed by atoms with van der Waals surface area (Å²) in [5, 5.41) is 3.88. The van der Waals surface area contributed by atoms with Gasteiger partial charge in [-0.2, -0.15) is 0 Å². The number of benzene rings is 1. The van der Waals surface area contributed by atoms with Gasteiger partial charge in [-0.25, -0.2) is 4.98 Å². The number of hydrogen-bond acceptors (Lipinski definition) is 4. The van der Waals surface area contributed by atoms with Crippen LogP contribution in [-0.4, -0.2) is 21.7 Å². The van der Waals surface area contributed by atoms with Gasteiger partial charge in [0.2, 0.25) is 5.91 Å². The Balaban J connectivity index is 1.85. The van der Waals surface area contributed by atoms with E-state index in [4.69, 9.17) is 11.6 Å². The van der Waals surface area contributed by atoms with Crippen molar-refractivity contribution in [2.75, 3.05) is 11.6 Å². The standard InChI is InChI=1S/C16H16ClN3O2S/c1-23-16-19-13-7-3-6-12(13)15(22)20(16)9-14(21)18-11-5-2-4-10(17)8-11/h2,4-5,8H,3,6-7,9H2,1H3,(H,18,21). The van der Waals surface area contributed by atoms with Crippen molar-refractivity contribution >= 4 is 35.0 Å². The van der Waals surface area contributed by atoms with Crippen LogP contribution in [0.1, 0.15) is 17.7 Å². The van der Waals surface area contributed by atoms with Crippen LogP contribution in [0.3, 0.4) is 0 Å². The Bertz CT molecular complexity index is 819. The van der Waals surface area contributed by atoms with Crippen molar-refractivity contribution in [3.63, 3.8) is 0 Å². The lowest BCUT2D eigenvalue weighted by atomic mass is 10.2. The van der Waals surface area contributed by atoms with Crippen molar-refractivity contribution in [3.05, 3.63) is 50.9 Å². The molecule has 1 aliphatic carbocycles. The number of carbonyl (C=O) groups excluding carboxylic acids is 1. The number of amides is 1. The highest BCUT2D eigenvalue weighted by molar-refractivity contribution is 7.98. The van der Waals surface area contributed by atoms with E-state index in [2.05, 4.69) is 10.3 Å². The van der Waals surface area contributed by atoms with Crippen LogP contribution in [0.4, 0.5) is 5.69 Å². The van der Waals surface area contributed by atoms with E-state index >= 15 is 0 Å². The molecule has 0 saturated heterocycles. The van der Waals surface area contributed by atoms with Crippen molar-refractivity contribution in [3.8, 4) is 0 Å². The van der Waals surface area contributed by atoms with Crippen LogP contribution in [0.15, 0.2) is 34.2 Å². The number of aryl methyl sites for hydroxylation is 1. The van der Waals surface area contributed by atoms with Gasteiger partial charge in [0, 0.05) is 16.3 Å². The lowest BCUT2D eigenvalue weighted by molar-refractivity contribution is -0.116. The molecule has 1 aromatic heterocycles. The highest BCUT2D eigenvalue weighted by atomic mass is 35.5. The molecule has 0 unspecified atom stereocenters. The third kappa shape index (κ3) is 3.43. The average Bonchev–Trinajstić information content (AvgIpc) is 2.98. The number of fused-ring (bicyclic) bond motifs is 1. The maximum atomic E-state index is 12.6. The Kier molecular flexibility index (Phi) is 4.73. The van der Waals surface area contributed by atoms with Crippen molar-refractivity contribution < 1.29 is 4.79 Å². The van der Waals surface area contributed by atoms with Gasteiger partial charge in [0.15, 0.2) is 5.16 Å². The molecule has 1 aromatic carbocycles. The first-order valence-electron chi connectivity index (χ1n) is 7.30. The predicted molar refractivity (Wildman–Crippen MR) is 92.4 cm³/mol. The SMILES string of the molecule is CSc1nc2c(c(=O)n1CC(=O)Nc1cccc(Cl)c1)CCC2.